The van der Waals surface area contributed by atoms with Gasteiger partial charge in [-0.25, -0.2) is 4.99 Å². The number of methoxy groups -OCH3 is 1. The third kappa shape index (κ3) is 6.33. The molecule has 0 heterocycles. The number of rotatable bonds is 7. The van der Waals surface area contributed by atoms with Crippen LogP contribution in [0, 0.1) is 0 Å². The van der Waals surface area contributed by atoms with Gasteiger partial charge in [-0.1, -0.05) is 36.4 Å². The van der Waals surface area contributed by atoms with Crippen LogP contribution in [0.4, 0.5) is 5.69 Å². The topological polar surface area (TPSA) is 74.8 Å². The number of anilines is 1. The zero-order valence-electron chi connectivity index (χ0n) is 16.4. The van der Waals surface area contributed by atoms with Crippen LogP contribution < -0.4 is 20.7 Å². The van der Waals surface area contributed by atoms with Gasteiger partial charge >= 0.3 is 0 Å². The van der Waals surface area contributed by atoms with Crippen LogP contribution in [-0.4, -0.2) is 25.5 Å². The Bertz CT molecular complexity index is 775. The maximum atomic E-state index is 11.4. The molecule has 0 aliphatic heterocycles. The Hall–Kier alpha value is -3.02. The molecule has 0 spiro atoms. The van der Waals surface area contributed by atoms with Gasteiger partial charge in [0.05, 0.1) is 25.4 Å². The van der Waals surface area contributed by atoms with E-state index >= 15 is 0 Å². The second-order valence-corrected chi connectivity index (χ2v) is 6.19. The predicted octanol–water partition coefficient (Wildman–Crippen LogP) is 3.47. The highest BCUT2D eigenvalue weighted by atomic mass is 16.5. The lowest BCUT2D eigenvalue weighted by atomic mass is 10.1. The number of carbonyl (C=O) groups is 1. The molecule has 2 aromatic rings. The number of nitrogens with zero attached hydrogens (tertiary/aromatic N) is 1. The van der Waals surface area contributed by atoms with Gasteiger partial charge < -0.3 is 20.7 Å². The van der Waals surface area contributed by atoms with Crippen LogP contribution in [0.15, 0.2) is 53.5 Å². The highest BCUT2D eigenvalue weighted by molar-refractivity contribution is 5.90. The van der Waals surface area contributed by atoms with Crippen LogP contribution in [0.3, 0.4) is 0 Å². The summed E-state index contributed by atoms with van der Waals surface area (Å²) in [7, 11) is 1.58. The first-order valence-electron chi connectivity index (χ1n) is 9.07. The van der Waals surface area contributed by atoms with E-state index in [-0.39, 0.29) is 11.9 Å². The monoisotopic (exact) mass is 368 g/mol. The van der Waals surface area contributed by atoms with E-state index in [1.54, 1.807) is 7.11 Å². The van der Waals surface area contributed by atoms with E-state index in [1.165, 1.54) is 12.5 Å². The van der Waals surface area contributed by atoms with Gasteiger partial charge in [-0.2, -0.15) is 0 Å². The van der Waals surface area contributed by atoms with Crippen molar-refractivity contribution in [3.05, 3.63) is 59.7 Å². The SMILES string of the molecule is CCNC(=NCc1ccc(OC)c(NC(C)=O)c1)NC(C)c1ccccc1. The molecular formula is C21H28N4O2. The standard InChI is InChI=1S/C21H28N4O2/c1-5-22-21(24-15(2)18-9-7-6-8-10-18)23-14-17-11-12-20(27-4)19(13-17)25-16(3)26/h6-13,15H,5,14H2,1-4H3,(H,25,26)(H2,22,23,24). The second-order valence-electron chi connectivity index (χ2n) is 6.19. The molecule has 2 rings (SSSR count). The highest BCUT2D eigenvalue weighted by Gasteiger charge is 2.09. The van der Waals surface area contributed by atoms with Crippen LogP contribution in [-0.2, 0) is 11.3 Å². The fourth-order valence-electron chi connectivity index (χ4n) is 2.66. The van der Waals surface area contributed by atoms with E-state index in [1.807, 2.05) is 43.3 Å². The van der Waals surface area contributed by atoms with E-state index in [0.29, 0.717) is 18.0 Å². The number of hydrogen-bond acceptors (Lipinski definition) is 3. The molecule has 1 amide bonds. The van der Waals surface area contributed by atoms with Crippen LogP contribution in [0.2, 0.25) is 0 Å². The van der Waals surface area contributed by atoms with E-state index in [9.17, 15) is 4.79 Å². The predicted molar refractivity (Wildman–Crippen MR) is 110 cm³/mol. The fourth-order valence-corrected chi connectivity index (χ4v) is 2.66. The van der Waals surface area contributed by atoms with Gasteiger partial charge in [0.25, 0.3) is 0 Å². The Morgan fingerprint density at radius 2 is 1.93 bits per heavy atom. The van der Waals surface area contributed by atoms with Crippen LogP contribution >= 0.6 is 0 Å². The van der Waals surface area contributed by atoms with Crippen molar-refractivity contribution in [1.29, 1.82) is 0 Å². The normalized spacial score (nSPS) is 12.2. The van der Waals surface area contributed by atoms with E-state index in [4.69, 9.17) is 4.74 Å². The van der Waals surface area contributed by atoms with Crippen LogP contribution in [0.25, 0.3) is 0 Å². The number of guanidine groups is 1. The number of hydrogen-bond donors (Lipinski definition) is 3. The molecule has 1 atom stereocenters. The molecule has 6 nitrogen and oxygen atoms in total. The molecule has 0 saturated heterocycles. The highest BCUT2D eigenvalue weighted by Crippen LogP contribution is 2.25. The summed E-state index contributed by atoms with van der Waals surface area (Å²) in [5.74, 6) is 1.23. The van der Waals surface area contributed by atoms with Crippen molar-refractivity contribution >= 4 is 17.6 Å². The molecule has 0 radical (unpaired) electrons. The smallest absolute Gasteiger partial charge is 0.221 e. The lowest BCUT2D eigenvalue weighted by Crippen LogP contribution is -2.38. The minimum atomic E-state index is -0.138. The van der Waals surface area contributed by atoms with Gasteiger partial charge in [-0.3, -0.25) is 4.79 Å². The Balaban J connectivity index is 2.12. The van der Waals surface area contributed by atoms with Gasteiger partial charge in [0.15, 0.2) is 5.96 Å². The van der Waals surface area contributed by atoms with E-state index in [0.717, 1.165) is 18.1 Å². The molecule has 3 N–H and O–H groups in total. The van der Waals surface area contributed by atoms with Crippen LogP contribution in [0.5, 0.6) is 5.75 Å². The molecule has 2 aromatic carbocycles. The first-order chi connectivity index (χ1) is 13.0. The molecule has 0 aliphatic carbocycles. The Kier molecular flexibility index (Phi) is 7.67. The maximum Gasteiger partial charge on any atom is 0.221 e. The first kappa shape index (κ1) is 20.3. The number of benzene rings is 2. The lowest BCUT2D eigenvalue weighted by molar-refractivity contribution is -0.114. The number of nitrogens with one attached hydrogen (secondary N) is 3. The number of carbonyl (C=O) groups excluding carboxylic acids is 1. The number of amides is 1. The third-order valence-corrected chi connectivity index (χ3v) is 3.99. The van der Waals surface area contributed by atoms with Crippen molar-refractivity contribution in [3.63, 3.8) is 0 Å². The molecule has 0 fully saturated rings. The third-order valence-electron chi connectivity index (χ3n) is 3.99. The van der Waals surface area contributed by atoms with Gasteiger partial charge in [-0.15, -0.1) is 0 Å². The molecule has 0 saturated carbocycles. The molecule has 1 unspecified atom stereocenters. The summed E-state index contributed by atoms with van der Waals surface area (Å²) in [5, 5.41) is 9.47. The zero-order valence-corrected chi connectivity index (χ0v) is 16.4. The maximum absolute atomic E-state index is 11.4. The Labute approximate surface area is 161 Å². The summed E-state index contributed by atoms with van der Waals surface area (Å²) in [6, 6.07) is 16.0. The molecule has 6 heteroatoms. The van der Waals surface area contributed by atoms with Crippen molar-refractivity contribution < 1.29 is 9.53 Å². The van der Waals surface area contributed by atoms with Gasteiger partial charge in [0.1, 0.15) is 5.75 Å². The van der Waals surface area contributed by atoms with E-state index in [2.05, 4.69) is 40.0 Å². The average molecular weight is 368 g/mol. The minimum absolute atomic E-state index is 0.134. The lowest BCUT2D eigenvalue weighted by Gasteiger charge is -2.18. The minimum Gasteiger partial charge on any atom is -0.495 e. The Morgan fingerprint density at radius 1 is 1.19 bits per heavy atom. The van der Waals surface area contributed by atoms with Crippen molar-refractivity contribution in [1.82, 2.24) is 10.6 Å². The van der Waals surface area contributed by atoms with Gasteiger partial charge in [0.2, 0.25) is 5.91 Å². The fraction of sp³-hybridized carbons (Fsp3) is 0.333. The van der Waals surface area contributed by atoms with Crippen molar-refractivity contribution in [2.45, 2.75) is 33.4 Å². The summed E-state index contributed by atoms with van der Waals surface area (Å²) in [6.07, 6.45) is 0. The summed E-state index contributed by atoms with van der Waals surface area (Å²) < 4.78 is 5.29. The first-order valence-corrected chi connectivity index (χ1v) is 9.07. The molecule has 0 bridgehead atoms. The van der Waals surface area contributed by atoms with Crippen molar-refractivity contribution in [3.8, 4) is 5.75 Å². The number of aliphatic imine (C=N–C) groups is 1. The van der Waals surface area contributed by atoms with Crippen molar-refractivity contribution in [2.24, 2.45) is 4.99 Å². The summed E-state index contributed by atoms with van der Waals surface area (Å²) >= 11 is 0. The summed E-state index contributed by atoms with van der Waals surface area (Å²) in [6.45, 7) is 6.86. The summed E-state index contributed by atoms with van der Waals surface area (Å²) in [5.41, 5.74) is 2.82. The van der Waals surface area contributed by atoms with Gasteiger partial charge in [-0.05, 0) is 37.1 Å². The molecule has 144 valence electrons. The molecule has 27 heavy (non-hydrogen) atoms. The second kappa shape index (κ2) is 10.2. The average Bonchev–Trinajstić information content (AvgIpc) is 2.66. The number of ether oxygens (including phenoxy) is 1. The molecular weight excluding hydrogens is 340 g/mol. The largest absolute Gasteiger partial charge is 0.495 e. The van der Waals surface area contributed by atoms with Crippen molar-refractivity contribution in [2.75, 3.05) is 19.0 Å². The zero-order chi connectivity index (χ0) is 19.6. The van der Waals surface area contributed by atoms with E-state index < -0.39 is 0 Å². The molecule has 0 aliphatic rings. The Morgan fingerprint density at radius 3 is 2.56 bits per heavy atom. The van der Waals surface area contributed by atoms with Gasteiger partial charge in [0, 0.05) is 13.5 Å². The van der Waals surface area contributed by atoms with Crippen LogP contribution in [0.1, 0.15) is 37.9 Å². The molecule has 0 aromatic heterocycles. The quantitative estimate of drug-likeness (QED) is 0.517. The summed E-state index contributed by atoms with van der Waals surface area (Å²) in [4.78, 5) is 16.1.